The molecule has 1 aromatic carbocycles. The normalized spacial score (nSPS) is 22.9. The standard InChI is InChI=1S/C18H25N3O4/c1-24-14-4-2-3-13(11-14)20-18(23)16-12-15(16)17(22)19-5-6-21-7-9-25-10-8-21/h2-4,11,15-16H,5-10,12H2,1H3,(H,19,22)(H,20,23). The van der Waals surface area contributed by atoms with Gasteiger partial charge in [0.25, 0.3) is 0 Å². The van der Waals surface area contributed by atoms with E-state index in [0.29, 0.717) is 24.4 Å². The van der Waals surface area contributed by atoms with Crippen LogP contribution in [0, 0.1) is 11.8 Å². The minimum absolute atomic E-state index is 0.0287. The van der Waals surface area contributed by atoms with Gasteiger partial charge in [-0.1, -0.05) is 6.07 Å². The maximum atomic E-state index is 12.3. The molecule has 2 N–H and O–H groups in total. The van der Waals surface area contributed by atoms with Crippen molar-refractivity contribution in [1.29, 1.82) is 0 Å². The second-order valence-corrected chi connectivity index (χ2v) is 6.41. The van der Waals surface area contributed by atoms with E-state index in [9.17, 15) is 9.59 Å². The van der Waals surface area contributed by atoms with E-state index in [4.69, 9.17) is 9.47 Å². The lowest BCUT2D eigenvalue weighted by molar-refractivity contribution is -0.125. The number of anilines is 1. The van der Waals surface area contributed by atoms with E-state index < -0.39 is 0 Å². The lowest BCUT2D eigenvalue weighted by Crippen LogP contribution is -2.41. The maximum Gasteiger partial charge on any atom is 0.228 e. The largest absolute Gasteiger partial charge is 0.497 e. The molecule has 1 aromatic rings. The van der Waals surface area contributed by atoms with Crippen LogP contribution in [-0.2, 0) is 14.3 Å². The molecule has 1 aliphatic carbocycles. The van der Waals surface area contributed by atoms with Gasteiger partial charge in [-0.2, -0.15) is 0 Å². The summed E-state index contributed by atoms with van der Waals surface area (Å²) in [7, 11) is 1.58. The zero-order valence-corrected chi connectivity index (χ0v) is 14.5. The number of nitrogens with zero attached hydrogens (tertiary/aromatic N) is 1. The maximum absolute atomic E-state index is 12.3. The number of carbonyl (C=O) groups is 2. The molecule has 1 heterocycles. The van der Waals surface area contributed by atoms with Gasteiger partial charge < -0.3 is 20.1 Å². The van der Waals surface area contributed by atoms with Crippen LogP contribution in [0.4, 0.5) is 5.69 Å². The fourth-order valence-corrected chi connectivity index (χ4v) is 3.00. The number of nitrogens with one attached hydrogen (secondary N) is 2. The zero-order chi connectivity index (χ0) is 17.6. The van der Waals surface area contributed by atoms with Gasteiger partial charge in [0, 0.05) is 37.9 Å². The van der Waals surface area contributed by atoms with E-state index in [1.54, 1.807) is 19.2 Å². The topological polar surface area (TPSA) is 79.9 Å². The van der Waals surface area contributed by atoms with Crippen LogP contribution in [0.2, 0.25) is 0 Å². The highest BCUT2D eigenvalue weighted by Gasteiger charge is 2.47. The molecular weight excluding hydrogens is 322 g/mol. The van der Waals surface area contributed by atoms with Crippen molar-refractivity contribution in [3.05, 3.63) is 24.3 Å². The number of amides is 2. The van der Waals surface area contributed by atoms with Gasteiger partial charge >= 0.3 is 0 Å². The molecule has 2 aliphatic rings. The Labute approximate surface area is 147 Å². The molecule has 0 bridgehead atoms. The Morgan fingerprint density at radius 1 is 1.24 bits per heavy atom. The number of hydrogen-bond donors (Lipinski definition) is 2. The first-order chi connectivity index (χ1) is 12.2. The molecule has 136 valence electrons. The average Bonchev–Trinajstić information content (AvgIpc) is 3.44. The smallest absolute Gasteiger partial charge is 0.228 e. The Balaban J connectivity index is 1.38. The van der Waals surface area contributed by atoms with Crippen molar-refractivity contribution >= 4 is 17.5 Å². The molecule has 7 heteroatoms. The molecule has 2 amide bonds. The molecule has 7 nitrogen and oxygen atoms in total. The van der Waals surface area contributed by atoms with E-state index in [-0.39, 0.29) is 23.7 Å². The zero-order valence-electron chi connectivity index (χ0n) is 14.5. The van der Waals surface area contributed by atoms with E-state index in [0.717, 1.165) is 32.8 Å². The Morgan fingerprint density at radius 2 is 2.00 bits per heavy atom. The Morgan fingerprint density at radius 3 is 2.76 bits per heavy atom. The highest BCUT2D eigenvalue weighted by Crippen LogP contribution is 2.39. The summed E-state index contributed by atoms with van der Waals surface area (Å²) in [5.41, 5.74) is 0.683. The van der Waals surface area contributed by atoms with Gasteiger partial charge in [0.1, 0.15) is 5.75 Å². The monoisotopic (exact) mass is 347 g/mol. The third-order valence-corrected chi connectivity index (χ3v) is 4.63. The van der Waals surface area contributed by atoms with Crippen LogP contribution in [0.5, 0.6) is 5.75 Å². The van der Waals surface area contributed by atoms with E-state index in [2.05, 4.69) is 15.5 Å². The predicted octanol–water partition coefficient (Wildman–Crippen LogP) is 0.718. The summed E-state index contributed by atoms with van der Waals surface area (Å²) >= 11 is 0. The Bertz CT molecular complexity index is 616. The third-order valence-electron chi connectivity index (χ3n) is 4.63. The SMILES string of the molecule is COc1cccc(NC(=O)C2CC2C(=O)NCCN2CCOCC2)c1. The quantitative estimate of drug-likeness (QED) is 0.760. The number of hydrogen-bond acceptors (Lipinski definition) is 5. The summed E-state index contributed by atoms with van der Waals surface area (Å²) in [5.74, 6) is 0.0940. The van der Waals surface area contributed by atoms with Crippen LogP contribution in [0.15, 0.2) is 24.3 Å². The summed E-state index contributed by atoms with van der Waals surface area (Å²) in [6.07, 6.45) is 0.610. The van der Waals surface area contributed by atoms with Crippen molar-refractivity contribution in [3.8, 4) is 5.75 Å². The third kappa shape index (κ3) is 4.93. The van der Waals surface area contributed by atoms with Crippen LogP contribution < -0.4 is 15.4 Å². The molecule has 0 aromatic heterocycles. The van der Waals surface area contributed by atoms with Gasteiger partial charge in [-0.05, 0) is 18.6 Å². The predicted molar refractivity (Wildman–Crippen MR) is 93.5 cm³/mol. The summed E-state index contributed by atoms with van der Waals surface area (Å²) in [6.45, 7) is 4.75. The second-order valence-electron chi connectivity index (χ2n) is 6.41. The molecule has 0 spiro atoms. The average molecular weight is 347 g/mol. The van der Waals surface area contributed by atoms with E-state index in [1.165, 1.54) is 0 Å². The first-order valence-corrected chi connectivity index (χ1v) is 8.70. The molecule has 2 unspecified atom stereocenters. The van der Waals surface area contributed by atoms with Crippen LogP contribution in [0.25, 0.3) is 0 Å². The van der Waals surface area contributed by atoms with Gasteiger partial charge in [0.15, 0.2) is 0 Å². The molecular formula is C18H25N3O4. The molecule has 0 radical (unpaired) electrons. The van der Waals surface area contributed by atoms with Crippen LogP contribution in [0.3, 0.4) is 0 Å². The summed E-state index contributed by atoms with van der Waals surface area (Å²) in [5, 5.41) is 5.79. The second kappa shape index (κ2) is 8.31. The number of carbonyl (C=O) groups excluding carboxylic acids is 2. The van der Waals surface area contributed by atoms with Crippen molar-refractivity contribution in [2.24, 2.45) is 11.8 Å². The van der Waals surface area contributed by atoms with Crippen molar-refractivity contribution in [2.75, 3.05) is 51.8 Å². The molecule has 3 rings (SSSR count). The summed E-state index contributed by atoms with van der Waals surface area (Å²) in [4.78, 5) is 26.7. The Kier molecular flexibility index (Phi) is 5.88. The van der Waals surface area contributed by atoms with E-state index >= 15 is 0 Å². The summed E-state index contributed by atoms with van der Waals surface area (Å²) < 4.78 is 10.4. The molecule has 2 fully saturated rings. The van der Waals surface area contributed by atoms with Crippen molar-refractivity contribution in [2.45, 2.75) is 6.42 Å². The first-order valence-electron chi connectivity index (χ1n) is 8.70. The van der Waals surface area contributed by atoms with Gasteiger partial charge in [0.05, 0.1) is 32.2 Å². The van der Waals surface area contributed by atoms with Crippen molar-refractivity contribution < 1.29 is 19.1 Å². The first kappa shape index (κ1) is 17.7. The van der Waals surface area contributed by atoms with Gasteiger partial charge in [-0.3, -0.25) is 14.5 Å². The van der Waals surface area contributed by atoms with Crippen LogP contribution in [0.1, 0.15) is 6.42 Å². The molecule has 1 saturated heterocycles. The minimum atomic E-state index is -0.241. The minimum Gasteiger partial charge on any atom is -0.497 e. The van der Waals surface area contributed by atoms with Gasteiger partial charge in [0.2, 0.25) is 11.8 Å². The van der Waals surface area contributed by atoms with Gasteiger partial charge in [-0.25, -0.2) is 0 Å². The number of benzene rings is 1. The number of ether oxygens (including phenoxy) is 2. The number of methoxy groups -OCH3 is 1. The van der Waals surface area contributed by atoms with Crippen molar-refractivity contribution in [1.82, 2.24) is 10.2 Å². The number of morpholine rings is 1. The summed E-state index contributed by atoms with van der Waals surface area (Å²) in [6, 6.07) is 7.20. The van der Waals surface area contributed by atoms with E-state index in [1.807, 2.05) is 12.1 Å². The molecule has 2 atom stereocenters. The molecule has 25 heavy (non-hydrogen) atoms. The Hall–Kier alpha value is -2.12. The fraction of sp³-hybridized carbons (Fsp3) is 0.556. The lowest BCUT2D eigenvalue weighted by atomic mass is 10.2. The highest BCUT2D eigenvalue weighted by atomic mass is 16.5. The number of rotatable bonds is 7. The van der Waals surface area contributed by atoms with Crippen LogP contribution in [-0.4, -0.2) is 63.2 Å². The highest BCUT2D eigenvalue weighted by molar-refractivity contribution is 5.99. The fourth-order valence-electron chi connectivity index (χ4n) is 3.00. The molecule has 1 aliphatic heterocycles. The van der Waals surface area contributed by atoms with Gasteiger partial charge in [-0.15, -0.1) is 0 Å². The molecule has 1 saturated carbocycles. The lowest BCUT2D eigenvalue weighted by Gasteiger charge is -2.26. The van der Waals surface area contributed by atoms with Crippen molar-refractivity contribution in [3.63, 3.8) is 0 Å². The van der Waals surface area contributed by atoms with Crippen LogP contribution >= 0.6 is 0 Å².